The lowest BCUT2D eigenvalue weighted by Gasteiger charge is -2.34. The molecule has 140 valence electrons. The fourth-order valence-corrected chi connectivity index (χ4v) is 3.95. The van der Waals surface area contributed by atoms with Gasteiger partial charge >= 0.3 is 0 Å². The standard InChI is InChI=1S/C21H25N5O/c22-15-17-4-6-18(7-5-17)16-25-10-8-24(9-11-25)12-13-26-21(27)14-19-2-1-3-20(19)23-26/h4-7,14H,1-3,8-13,16H2. The van der Waals surface area contributed by atoms with Crippen molar-refractivity contribution >= 4 is 0 Å². The number of nitriles is 1. The minimum atomic E-state index is 0.0371. The van der Waals surface area contributed by atoms with Gasteiger partial charge in [0.2, 0.25) is 0 Å². The lowest BCUT2D eigenvalue weighted by atomic mass is 10.1. The van der Waals surface area contributed by atoms with Gasteiger partial charge < -0.3 is 0 Å². The number of hydrogen-bond acceptors (Lipinski definition) is 5. The number of benzene rings is 1. The molecule has 6 heteroatoms. The number of hydrogen-bond donors (Lipinski definition) is 0. The smallest absolute Gasteiger partial charge is 0.267 e. The molecule has 2 heterocycles. The Labute approximate surface area is 159 Å². The molecule has 2 aromatic rings. The van der Waals surface area contributed by atoms with Gasteiger partial charge in [0, 0.05) is 45.3 Å². The number of aryl methyl sites for hydroxylation is 2. The number of aromatic nitrogens is 2. The predicted octanol–water partition coefficient (Wildman–Crippen LogP) is 1.42. The van der Waals surface area contributed by atoms with Gasteiger partial charge in [0.05, 0.1) is 23.9 Å². The molecule has 1 fully saturated rings. The third-order valence-corrected chi connectivity index (χ3v) is 5.61. The topological polar surface area (TPSA) is 65.2 Å². The SMILES string of the molecule is N#Cc1ccc(CN2CCN(CCn3nc4c(cc3=O)CCC4)CC2)cc1. The number of fused-ring (bicyclic) bond motifs is 1. The predicted molar refractivity (Wildman–Crippen MR) is 103 cm³/mol. The van der Waals surface area contributed by atoms with Crippen LogP contribution in [0.4, 0.5) is 0 Å². The van der Waals surface area contributed by atoms with Crippen molar-refractivity contribution in [2.45, 2.75) is 32.4 Å². The maximum Gasteiger partial charge on any atom is 0.267 e. The van der Waals surface area contributed by atoms with E-state index in [0.29, 0.717) is 12.1 Å². The molecular formula is C21H25N5O. The summed E-state index contributed by atoms with van der Waals surface area (Å²) in [6, 6.07) is 11.8. The molecule has 27 heavy (non-hydrogen) atoms. The number of piperazine rings is 1. The second-order valence-corrected chi connectivity index (χ2v) is 7.46. The minimum absolute atomic E-state index is 0.0371. The Bertz CT molecular complexity index is 888. The van der Waals surface area contributed by atoms with E-state index in [-0.39, 0.29) is 5.56 Å². The van der Waals surface area contributed by atoms with Crippen LogP contribution in [0.2, 0.25) is 0 Å². The quantitative estimate of drug-likeness (QED) is 0.804. The lowest BCUT2D eigenvalue weighted by Crippen LogP contribution is -2.47. The second kappa shape index (κ2) is 8.03. The molecule has 0 N–H and O–H groups in total. The number of rotatable bonds is 5. The molecule has 4 rings (SSSR count). The van der Waals surface area contributed by atoms with Gasteiger partial charge in [-0.25, -0.2) is 4.68 Å². The van der Waals surface area contributed by atoms with E-state index in [0.717, 1.165) is 69.8 Å². The molecular weight excluding hydrogens is 338 g/mol. The van der Waals surface area contributed by atoms with Crippen LogP contribution in [0.5, 0.6) is 0 Å². The van der Waals surface area contributed by atoms with Crippen LogP contribution in [0.1, 0.15) is 28.8 Å². The first-order valence-electron chi connectivity index (χ1n) is 9.75. The summed E-state index contributed by atoms with van der Waals surface area (Å²) in [5.74, 6) is 0. The molecule has 0 radical (unpaired) electrons. The lowest BCUT2D eigenvalue weighted by molar-refractivity contribution is 0.122. The molecule has 0 amide bonds. The first-order valence-corrected chi connectivity index (χ1v) is 9.75. The highest BCUT2D eigenvalue weighted by molar-refractivity contribution is 5.31. The third-order valence-electron chi connectivity index (χ3n) is 5.61. The van der Waals surface area contributed by atoms with Gasteiger partial charge in [0.25, 0.3) is 5.56 Å². The van der Waals surface area contributed by atoms with Crippen LogP contribution < -0.4 is 5.56 Å². The summed E-state index contributed by atoms with van der Waals surface area (Å²) in [4.78, 5) is 17.1. The van der Waals surface area contributed by atoms with Gasteiger partial charge in [-0.3, -0.25) is 14.6 Å². The summed E-state index contributed by atoms with van der Waals surface area (Å²) >= 11 is 0. The van der Waals surface area contributed by atoms with E-state index >= 15 is 0 Å². The largest absolute Gasteiger partial charge is 0.299 e. The zero-order valence-corrected chi connectivity index (χ0v) is 15.6. The van der Waals surface area contributed by atoms with Crippen LogP contribution in [0.25, 0.3) is 0 Å². The molecule has 1 aromatic carbocycles. The summed E-state index contributed by atoms with van der Waals surface area (Å²) in [5, 5.41) is 13.4. The van der Waals surface area contributed by atoms with Crippen LogP contribution in [0, 0.1) is 11.3 Å². The average molecular weight is 363 g/mol. The average Bonchev–Trinajstić information content (AvgIpc) is 3.15. The molecule has 0 spiro atoms. The Morgan fingerprint density at radius 3 is 2.48 bits per heavy atom. The van der Waals surface area contributed by atoms with E-state index in [4.69, 9.17) is 5.26 Å². The zero-order valence-electron chi connectivity index (χ0n) is 15.6. The highest BCUT2D eigenvalue weighted by Gasteiger charge is 2.18. The van der Waals surface area contributed by atoms with Crippen molar-refractivity contribution in [1.29, 1.82) is 5.26 Å². The van der Waals surface area contributed by atoms with Crippen LogP contribution in [0.3, 0.4) is 0 Å². The minimum Gasteiger partial charge on any atom is -0.299 e. The molecule has 1 saturated heterocycles. The molecule has 0 saturated carbocycles. The summed E-state index contributed by atoms with van der Waals surface area (Å²) < 4.78 is 1.65. The molecule has 2 aliphatic rings. The molecule has 0 atom stereocenters. The van der Waals surface area contributed by atoms with Crippen molar-refractivity contribution in [2.75, 3.05) is 32.7 Å². The monoisotopic (exact) mass is 363 g/mol. The van der Waals surface area contributed by atoms with Crippen molar-refractivity contribution in [2.24, 2.45) is 0 Å². The van der Waals surface area contributed by atoms with E-state index in [1.807, 2.05) is 24.3 Å². The Morgan fingerprint density at radius 2 is 1.74 bits per heavy atom. The summed E-state index contributed by atoms with van der Waals surface area (Å²) in [5.41, 5.74) is 4.25. The van der Waals surface area contributed by atoms with Crippen molar-refractivity contribution in [3.63, 3.8) is 0 Å². The molecule has 0 bridgehead atoms. The van der Waals surface area contributed by atoms with Gasteiger partial charge in [0.15, 0.2) is 0 Å². The van der Waals surface area contributed by atoms with Crippen molar-refractivity contribution in [3.8, 4) is 6.07 Å². The van der Waals surface area contributed by atoms with Crippen molar-refractivity contribution in [1.82, 2.24) is 19.6 Å². The number of nitrogens with zero attached hydrogens (tertiary/aromatic N) is 5. The summed E-state index contributed by atoms with van der Waals surface area (Å²) in [6.07, 6.45) is 3.12. The summed E-state index contributed by atoms with van der Waals surface area (Å²) in [6.45, 7) is 6.52. The molecule has 0 unspecified atom stereocenters. The Morgan fingerprint density at radius 1 is 1.00 bits per heavy atom. The van der Waals surface area contributed by atoms with Gasteiger partial charge in [-0.2, -0.15) is 10.4 Å². The van der Waals surface area contributed by atoms with Crippen LogP contribution >= 0.6 is 0 Å². The van der Waals surface area contributed by atoms with Crippen molar-refractivity contribution < 1.29 is 0 Å². The van der Waals surface area contributed by atoms with E-state index in [2.05, 4.69) is 21.0 Å². The highest BCUT2D eigenvalue weighted by Crippen LogP contribution is 2.17. The Kier molecular flexibility index (Phi) is 5.33. The van der Waals surface area contributed by atoms with Gasteiger partial charge in [-0.05, 0) is 42.5 Å². The molecule has 1 aliphatic heterocycles. The first kappa shape index (κ1) is 17.9. The van der Waals surface area contributed by atoms with Crippen LogP contribution in [-0.2, 0) is 25.9 Å². The maximum absolute atomic E-state index is 12.2. The second-order valence-electron chi connectivity index (χ2n) is 7.46. The molecule has 1 aliphatic carbocycles. The first-order chi connectivity index (χ1) is 13.2. The van der Waals surface area contributed by atoms with E-state index in [1.165, 1.54) is 5.56 Å². The van der Waals surface area contributed by atoms with E-state index < -0.39 is 0 Å². The van der Waals surface area contributed by atoms with Gasteiger partial charge in [-0.1, -0.05) is 12.1 Å². The van der Waals surface area contributed by atoms with E-state index in [9.17, 15) is 4.79 Å². The van der Waals surface area contributed by atoms with Gasteiger partial charge in [-0.15, -0.1) is 0 Å². The van der Waals surface area contributed by atoms with Crippen LogP contribution in [-0.4, -0.2) is 52.3 Å². The molecule has 6 nitrogen and oxygen atoms in total. The normalized spacial score (nSPS) is 17.6. The maximum atomic E-state index is 12.2. The Hall–Kier alpha value is -2.49. The van der Waals surface area contributed by atoms with Crippen LogP contribution in [0.15, 0.2) is 35.1 Å². The zero-order chi connectivity index (χ0) is 18.6. The summed E-state index contributed by atoms with van der Waals surface area (Å²) in [7, 11) is 0. The molecule has 1 aromatic heterocycles. The highest BCUT2D eigenvalue weighted by atomic mass is 16.1. The Balaban J connectivity index is 1.26. The van der Waals surface area contributed by atoms with Gasteiger partial charge in [0.1, 0.15) is 0 Å². The fourth-order valence-electron chi connectivity index (χ4n) is 3.95. The van der Waals surface area contributed by atoms with Crippen molar-refractivity contribution in [3.05, 3.63) is 63.1 Å². The third kappa shape index (κ3) is 4.26. The van der Waals surface area contributed by atoms with E-state index in [1.54, 1.807) is 10.7 Å². The fraction of sp³-hybridized carbons (Fsp3) is 0.476.